The van der Waals surface area contributed by atoms with E-state index in [9.17, 15) is 0 Å². The van der Waals surface area contributed by atoms with Crippen LogP contribution in [0.15, 0.2) is 0 Å². The average molecular weight is 299 g/mol. The minimum atomic E-state index is -1.25. The van der Waals surface area contributed by atoms with Gasteiger partial charge in [0.15, 0.2) is 0 Å². The first-order chi connectivity index (χ1) is 7.41. The Morgan fingerprint density at radius 2 is 0.882 bits per heavy atom. The Labute approximate surface area is 113 Å². The van der Waals surface area contributed by atoms with E-state index in [0.29, 0.717) is 0 Å². The van der Waals surface area contributed by atoms with Gasteiger partial charge >= 0.3 is 22.2 Å². The summed E-state index contributed by atoms with van der Waals surface area (Å²) in [4.78, 5) is 15.7. The normalized spacial score (nSPS) is 19.9. The molecular weight excluding hydrogens is 276 g/mol. The second-order valence-electron chi connectivity index (χ2n) is 4.16. The first-order valence-electron chi connectivity index (χ1n) is 5.32. The molecular formula is C9H23CuN4O3+2. The number of likely N-dealkylation sites (N-methyl/N-ethyl adjacent to an activating group) is 3. The van der Waals surface area contributed by atoms with Crippen molar-refractivity contribution in [2.24, 2.45) is 0 Å². The predicted octanol–water partition coefficient (Wildman–Crippen LogP) is -0.663. The van der Waals surface area contributed by atoms with Gasteiger partial charge in [-0.1, -0.05) is 0 Å². The predicted molar refractivity (Wildman–Crippen MR) is 59.7 cm³/mol. The van der Waals surface area contributed by atoms with E-state index in [1.165, 1.54) is 39.3 Å². The van der Waals surface area contributed by atoms with Crippen LogP contribution in [0.5, 0.6) is 0 Å². The van der Waals surface area contributed by atoms with Crippen molar-refractivity contribution in [1.29, 1.82) is 0 Å². The van der Waals surface area contributed by atoms with Crippen LogP contribution in [0.3, 0.4) is 0 Å². The van der Waals surface area contributed by atoms with Crippen LogP contribution >= 0.6 is 0 Å². The Kier molecular flexibility index (Phi) is 12.0. The van der Waals surface area contributed by atoms with Crippen LogP contribution in [-0.2, 0) is 17.1 Å². The van der Waals surface area contributed by atoms with Gasteiger partial charge in [0.1, 0.15) is 4.91 Å². The zero-order chi connectivity index (χ0) is 12.6. The first-order valence-corrected chi connectivity index (χ1v) is 5.32. The van der Waals surface area contributed by atoms with E-state index in [0.717, 1.165) is 0 Å². The van der Waals surface area contributed by atoms with E-state index < -0.39 is 5.09 Å². The number of hydrogen-bond donors (Lipinski definition) is 2. The molecule has 0 amide bonds. The Morgan fingerprint density at radius 1 is 0.765 bits per heavy atom. The van der Waals surface area contributed by atoms with Crippen LogP contribution in [0.2, 0.25) is 0 Å². The summed E-state index contributed by atoms with van der Waals surface area (Å²) in [5.41, 5.74) is 0. The smallest absolute Gasteiger partial charge is 0.304 e. The molecule has 0 aromatic heterocycles. The second-order valence-corrected chi connectivity index (χ2v) is 4.16. The van der Waals surface area contributed by atoms with E-state index in [-0.39, 0.29) is 17.1 Å². The van der Waals surface area contributed by atoms with Gasteiger partial charge in [-0.15, -0.1) is 0 Å². The minimum absolute atomic E-state index is 0. The zero-order valence-electron chi connectivity index (χ0n) is 10.6. The van der Waals surface area contributed by atoms with Gasteiger partial charge in [0.2, 0.25) is 0 Å². The monoisotopic (exact) mass is 298 g/mol. The molecule has 1 aliphatic rings. The fraction of sp³-hybridized carbons (Fsp3) is 1.00. The van der Waals surface area contributed by atoms with Crippen LogP contribution in [-0.4, -0.2) is 90.6 Å². The van der Waals surface area contributed by atoms with Crippen molar-refractivity contribution >= 4 is 0 Å². The van der Waals surface area contributed by atoms with E-state index in [2.05, 4.69) is 35.8 Å². The molecule has 7 nitrogen and oxygen atoms in total. The molecule has 0 spiro atoms. The van der Waals surface area contributed by atoms with Crippen LogP contribution < -0.4 is 0 Å². The summed E-state index contributed by atoms with van der Waals surface area (Å²) in [5, 5.41) is 12.5. The molecule has 1 heterocycles. The van der Waals surface area contributed by atoms with E-state index >= 15 is 0 Å². The molecule has 0 aromatic rings. The molecule has 0 saturated carbocycles. The first kappa shape index (κ1) is 19.0. The van der Waals surface area contributed by atoms with Crippen molar-refractivity contribution in [3.63, 3.8) is 0 Å². The quantitative estimate of drug-likeness (QED) is 0.457. The average Bonchev–Trinajstić information content (AvgIpc) is 2.24. The molecule has 2 N–H and O–H groups in total. The fourth-order valence-corrected chi connectivity index (χ4v) is 1.36. The van der Waals surface area contributed by atoms with E-state index in [4.69, 9.17) is 15.3 Å². The molecule has 0 aromatic carbocycles. The van der Waals surface area contributed by atoms with Gasteiger partial charge in [0, 0.05) is 39.3 Å². The topological polar surface area (TPSA) is 70.3 Å². The van der Waals surface area contributed by atoms with Crippen molar-refractivity contribution < 1.29 is 32.6 Å². The molecule has 1 fully saturated rings. The van der Waals surface area contributed by atoms with Crippen molar-refractivity contribution in [3.05, 3.63) is 4.91 Å². The summed E-state index contributed by atoms with van der Waals surface area (Å²) in [6.45, 7) is 7.19. The van der Waals surface area contributed by atoms with E-state index in [1.54, 1.807) is 0 Å². The zero-order valence-corrected chi connectivity index (χ0v) is 11.6. The van der Waals surface area contributed by atoms with Gasteiger partial charge in [-0.2, -0.15) is 0 Å². The molecule has 17 heavy (non-hydrogen) atoms. The number of nitrogens with zero attached hydrogens (tertiary/aromatic N) is 4. The summed E-state index contributed by atoms with van der Waals surface area (Å²) in [6, 6.07) is 0. The van der Waals surface area contributed by atoms with Gasteiger partial charge in [-0.25, -0.2) is 10.4 Å². The van der Waals surface area contributed by atoms with Crippen molar-refractivity contribution in [2.45, 2.75) is 0 Å². The summed E-state index contributed by atoms with van der Waals surface area (Å²) >= 11 is 0. The van der Waals surface area contributed by atoms with Gasteiger partial charge in [0.25, 0.3) is 0 Å². The molecule has 1 rings (SSSR count). The molecule has 0 radical (unpaired) electrons. The molecule has 106 valence electrons. The van der Waals surface area contributed by atoms with Gasteiger partial charge < -0.3 is 14.7 Å². The maximum Gasteiger partial charge on any atom is 1.00 e. The van der Waals surface area contributed by atoms with Crippen molar-refractivity contribution in [2.75, 3.05) is 60.4 Å². The molecule has 0 unspecified atom stereocenters. The van der Waals surface area contributed by atoms with Crippen LogP contribution in [0.4, 0.5) is 0 Å². The molecule has 8 heteroatoms. The molecule has 1 aliphatic heterocycles. The minimum Gasteiger partial charge on any atom is -0.304 e. The van der Waals surface area contributed by atoms with Crippen LogP contribution in [0.1, 0.15) is 0 Å². The summed E-state index contributed by atoms with van der Waals surface area (Å²) in [6.07, 6.45) is 0. The Morgan fingerprint density at radius 3 is 1.00 bits per heavy atom. The maximum atomic E-state index is 8.47. The molecule has 1 saturated heterocycles. The Bertz CT molecular complexity index is 169. The summed E-state index contributed by atoms with van der Waals surface area (Å²) in [7, 11) is 6.60. The van der Waals surface area contributed by atoms with Crippen LogP contribution in [0.25, 0.3) is 0 Å². The summed E-state index contributed by atoms with van der Waals surface area (Å²) in [5.74, 6) is 0. The largest absolute Gasteiger partial charge is 1.00 e. The molecule has 0 bridgehead atoms. The second kappa shape index (κ2) is 10.7. The molecule has 0 aliphatic carbocycles. The third-order valence-corrected chi connectivity index (χ3v) is 2.59. The van der Waals surface area contributed by atoms with Crippen molar-refractivity contribution in [1.82, 2.24) is 14.7 Å². The Hall–Kier alpha value is -0.401. The van der Waals surface area contributed by atoms with Gasteiger partial charge in [-0.05, 0) is 21.1 Å². The SMILES string of the molecule is CN1CCN(C)CCN(C)CC1.O=[N+](O)O.[Cu+]. The standard InChI is InChI=1S/C9H21N3.Cu.H2NO3/c1-10-4-6-11(2)8-9-12(3)7-5-10;;2-1(3)4/h4-9H2,1-3H3;;(H2,2,3,4)/q;2*+1. The molecule has 0 atom stereocenters. The summed E-state index contributed by atoms with van der Waals surface area (Å²) < 4.78 is 0. The maximum absolute atomic E-state index is 8.47. The van der Waals surface area contributed by atoms with Crippen molar-refractivity contribution in [3.8, 4) is 0 Å². The fourth-order valence-electron chi connectivity index (χ4n) is 1.36. The van der Waals surface area contributed by atoms with Crippen LogP contribution in [0, 0.1) is 4.91 Å². The third-order valence-electron chi connectivity index (χ3n) is 2.59. The van der Waals surface area contributed by atoms with E-state index in [1.807, 2.05) is 0 Å². The Balaban J connectivity index is 0. The number of rotatable bonds is 0. The number of hydrogen-bond acceptors (Lipinski definition) is 4. The van der Waals surface area contributed by atoms with Gasteiger partial charge in [0.05, 0.1) is 0 Å². The third kappa shape index (κ3) is 13.5. The van der Waals surface area contributed by atoms with Gasteiger partial charge in [-0.3, -0.25) is 0 Å².